The number of aryl methyl sites for hydroxylation is 3. The molecule has 0 aliphatic rings. The Morgan fingerprint density at radius 2 is 2.21 bits per heavy atom. The molecule has 19 heavy (non-hydrogen) atoms. The first kappa shape index (κ1) is 14.3. The largest absolute Gasteiger partial charge is 0.354 e. The summed E-state index contributed by atoms with van der Waals surface area (Å²) in [5.74, 6) is 0.601. The highest BCUT2D eigenvalue weighted by Gasteiger charge is 2.14. The summed E-state index contributed by atoms with van der Waals surface area (Å²) in [6, 6.07) is 2.66. The van der Waals surface area contributed by atoms with Crippen molar-refractivity contribution in [1.29, 1.82) is 0 Å². The first-order valence-corrected chi connectivity index (χ1v) is 7.71. The van der Waals surface area contributed by atoms with Gasteiger partial charge in [-0.05, 0) is 31.5 Å². The molecule has 2 aromatic rings. The minimum atomic E-state index is 0.436. The molecular weight excluding hydrogens is 254 g/mol. The van der Waals surface area contributed by atoms with Gasteiger partial charge >= 0.3 is 0 Å². The predicted octanol–water partition coefficient (Wildman–Crippen LogP) is 3.41. The molecule has 0 radical (unpaired) electrons. The molecule has 3 nitrogen and oxygen atoms in total. The van der Waals surface area contributed by atoms with Crippen molar-refractivity contribution < 1.29 is 0 Å². The maximum atomic E-state index is 4.30. The highest BCUT2D eigenvalue weighted by Crippen LogP contribution is 2.22. The summed E-state index contributed by atoms with van der Waals surface area (Å²) in [7, 11) is 2.03. The van der Waals surface area contributed by atoms with Gasteiger partial charge in [-0.1, -0.05) is 13.8 Å². The Morgan fingerprint density at radius 3 is 2.79 bits per heavy atom. The first-order chi connectivity index (χ1) is 9.11. The number of hydrogen-bond donors (Lipinski definition) is 1. The lowest BCUT2D eigenvalue weighted by atomic mass is 9.99. The molecule has 0 fully saturated rings. The van der Waals surface area contributed by atoms with Gasteiger partial charge in [-0.25, -0.2) is 4.98 Å². The highest BCUT2D eigenvalue weighted by atomic mass is 32.1. The fourth-order valence-electron chi connectivity index (χ4n) is 2.46. The summed E-state index contributed by atoms with van der Waals surface area (Å²) in [5.41, 5.74) is 4.48. The molecule has 0 bridgehead atoms. The Kier molecular flexibility index (Phi) is 4.77. The van der Waals surface area contributed by atoms with Gasteiger partial charge in [0.1, 0.15) is 0 Å². The normalized spacial score (nSPS) is 13.1. The van der Waals surface area contributed by atoms with Crippen LogP contribution in [0.5, 0.6) is 0 Å². The third-order valence-electron chi connectivity index (χ3n) is 3.55. The van der Waals surface area contributed by atoms with E-state index in [0.29, 0.717) is 12.0 Å². The monoisotopic (exact) mass is 277 g/mol. The molecule has 1 unspecified atom stereocenters. The second kappa shape index (κ2) is 6.35. The van der Waals surface area contributed by atoms with Crippen molar-refractivity contribution in [3.8, 4) is 0 Å². The van der Waals surface area contributed by atoms with Gasteiger partial charge in [-0.3, -0.25) is 0 Å². The van der Waals surface area contributed by atoms with Crippen LogP contribution in [-0.2, 0) is 13.0 Å². The molecule has 1 atom stereocenters. The molecule has 1 N–H and O–H groups in total. The zero-order chi connectivity index (χ0) is 13.8. The number of aromatic nitrogens is 2. The Morgan fingerprint density at radius 1 is 1.42 bits per heavy atom. The highest BCUT2D eigenvalue weighted by molar-refractivity contribution is 7.09. The van der Waals surface area contributed by atoms with E-state index in [1.54, 1.807) is 11.3 Å². The zero-order valence-corrected chi connectivity index (χ0v) is 13.0. The molecule has 0 amide bonds. The zero-order valence-electron chi connectivity index (χ0n) is 12.2. The van der Waals surface area contributed by atoms with E-state index < -0.39 is 0 Å². The van der Waals surface area contributed by atoms with Crippen LogP contribution in [0.2, 0.25) is 0 Å². The van der Waals surface area contributed by atoms with Crippen LogP contribution in [0, 0.1) is 12.8 Å². The van der Waals surface area contributed by atoms with Gasteiger partial charge in [0.05, 0.1) is 11.2 Å². The van der Waals surface area contributed by atoms with Crippen LogP contribution < -0.4 is 5.32 Å². The number of nitrogens with one attached hydrogen (secondary N) is 1. The summed E-state index contributed by atoms with van der Waals surface area (Å²) in [4.78, 5) is 5.69. The van der Waals surface area contributed by atoms with Crippen LogP contribution in [-0.4, -0.2) is 16.6 Å². The molecule has 2 aromatic heterocycles. The topological polar surface area (TPSA) is 29.9 Å². The summed E-state index contributed by atoms with van der Waals surface area (Å²) in [6.45, 7) is 7.61. The number of hydrogen-bond acceptors (Lipinski definition) is 3. The molecule has 4 heteroatoms. The molecule has 104 valence electrons. The van der Waals surface area contributed by atoms with Crippen molar-refractivity contribution in [1.82, 2.24) is 14.9 Å². The molecule has 0 saturated heterocycles. The van der Waals surface area contributed by atoms with E-state index in [9.17, 15) is 0 Å². The minimum absolute atomic E-state index is 0.436. The van der Waals surface area contributed by atoms with E-state index in [1.165, 1.54) is 16.1 Å². The number of thiazole rings is 1. The van der Waals surface area contributed by atoms with E-state index in [0.717, 1.165) is 13.0 Å². The second-order valence-electron chi connectivity index (χ2n) is 5.30. The summed E-state index contributed by atoms with van der Waals surface area (Å²) in [6.07, 6.45) is 5.51. The summed E-state index contributed by atoms with van der Waals surface area (Å²) >= 11 is 1.75. The molecule has 2 rings (SSSR count). The molecule has 0 aromatic carbocycles. The lowest BCUT2D eigenvalue weighted by molar-refractivity contribution is 0.442. The van der Waals surface area contributed by atoms with E-state index in [-0.39, 0.29) is 0 Å². The van der Waals surface area contributed by atoms with Crippen LogP contribution in [0.15, 0.2) is 24.0 Å². The van der Waals surface area contributed by atoms with Crippen molar-refractivity contribution in [2.75, 3.05) is 7.05 Å². The number of rotatable bonds is 6. The average molecular weight is 277 g/mol. The first-order valence-electron chi connectivity index (χ1n) is 6.83. The summed E-state index contributed by atoms with van der Waals surface area (Å²) < 4.78 is 2.28. The van der Waals surface area contributed by atoms with Crippen LogP contribution in [0.3, 0.4) is 0 Å². The maximum Gasteiger partial charge on any atom is 0.0797 e. The van der Waals surface area contributed by atoms with Gasteiger partial charge in [0.25, 0.3) is 0 Å². The van der Waals surface area contributed by atoms with Crippen LogP contribution in [0.1, 0.15) is 36.0 Å². The van der Waals surface area contributed by atoms with Gasteiger partial charge in [-0.2, -0.15) is 0 Å². The van der Waals surface area contributed by atoms with Crippen molar-refractivity contribution in [3.05, 3.63) is 40.1 Å². The van der Waals surface area contributed by atoms with E-state index in [2.05, 4.69) is 54.1 Å². The van der Waals surface area contributed by atoms with Gasteiger partial charge in [-0.15, -0.1) is 11.3 Å². The average Bonchev–Trinajstić information content (AvgIpc) is 2.97. The van der Waals surface area contributed by atoms with E-state index in [4.69, 9.17) is 0 Å². The standard InChI is InChI=1S/C15H23N3S/c1-11(2)15(16-4)13-5-7-18(9-13)8-6-14-12(3)17-10-19-14/h5,7,9-11,15-16H,6,8H2,1-4H3. The quantitative estimate of drug-likeness (QED) is 0.877. The van der Waals surface area contributed by atoms with Crippen LogP contribution in [0.25, 0.3) is 0 Å². The van der Waals surface area contributed by atoms with Gasteiger partial charge in [0, 0.05) is 36.3 Å². The maximum absolute atomic E-state index is 4.30. The van der Waals surface area contributed by atoms with E-state index >= 15 is 0 Å². The molecular formula is C15H23N3S. The number of nitrogens with zero attached hydrogens (tertiary/aromatic N) is 2. The molecule has 0 aliphatic heterocycles. The third kappa shape index (κ3) is 3.45. The fraction of sp³-hybridized carbons (Fsp3) is 0.533. The van der Waals surface area contributed by atoms with Gasteiger partial charge < -0.3 is 9.88 Å². The van der Waals surface area contributed by atoms with Crippen molar-refractivity contribution in [2.24, 2.45) is 5.92 Å². The van der Waals surface area contributed by atoms with Crippen molar-refractivity contribution in [2.45, 2.75) is 39.8 Å². The second-order valence-corrected chi connectivity index (χ2v) is 6.24. The fourth-order valence-corrected chi connectivity index (χ4v) is 3.23. The van der Waals surface area contributed by atoms with Crippen LogP contribution >= 0.6 is 11.3 Å². The Labute approximate surface area is 119 Å². The molecule has 2 heterocycles. The van der Waals surface area contributed by atoms with Crippen LogP contribution in [0.4, 0.5) is 0 Å². The molecule has 0 aliphatic carbocycles. The lowest BCUT2D eigenvalue weighted by Gasteiger charge is -2.18. The Balaban J connectivity index is 1.99. The minimum Gasteiger partial charge on any atom is -0.354 e. The van der Waals surface area contributed by atoms with Gasteiger partial charge in [0.15, 0.2) is 0 Å². The smallest absolute Gasteiger partial charge is 0.0797 e. The van der Waals surface area contributed by atoms with Crippen molar-refractivity contribution >= 4 is 11.3 Å². The Hall–Kier alpha value is -1.13. The van der Waals surface area contributed by atoms with Gasteiger partial charge in [0.2, 0.25) is 0 Å². The SMILES string of the molecule is CNC(c1ccn(CCc2scnc2C)c1)C(C)C. The predicted molar refractivity (Wildman–Crippen MR) is 81.6 cm³/mol. The van der Waals surface area contributed by atoms with E-state index in [1.807, 2.05) is 12.6 Å². The Bertz CT molecular complexity index is 513. The molecule has 0 saturated carbocycles. The lowest BCUT2D eigenvalue weighted by Crippen LogP contribution is -2.21. The third-order valence-corrected chi connectivity index (χ3v) is 4.55. The van der Waals surface area contributed by atoms with Crippen molar-refractivity contribution in [3.63, 3.8) is 0 Å². The molecule has 0 spiro atoms. The summed E-state index contributed by atoms with van der Waals surface area (Å²) in [5, 5.41) is 3.39.